The molecule has 1 aliphatic carbocycles. The number of pyridine rings is 1. The van der Waals surface area contributed by atoms with E-state index in [-0.39, 0.29) is 18.6 Å². The minimum absolute atomic E-state index is 0.0548. The van der Waals surface area contributed by atoms with Crippen molar-refractivity contribution in [1.82, 2.24) is 10.3 Å². The van der Waals surface area contributed by atoms with Gasteiger partial charge < -0.3 is 15.4 Å². The predicted octanol–water partition coefficient (Wildman–Crippen LogP) is 4.46. The highest BCUT2D eigenvalue weighted by Gasteiger charge is 2.22. The standard InChI is InChI=1S/C24H27N3O2/c1-17-6-2-5-9-22(17)29-16-24(28)26-20-13-11-19(12-14-20)25-23-15-10-18-7-3-4-8-21(18)27-23/h2-10,15,19-20H,11-14,16H2,1H3,(H,25,27)(H,26,28). The quantitative estimate of drug-likeness (QED) is 0.653. The lowest BCUT2D eigenvalue weighted by Crippen LogP contribution is -2.42. The summed E-state index contributed by atoms with van der Waals surface area (Å²) in [6.07, 6.45) is 3.94. The number of para-hydroxylation sites is 2. The summed E-state index contributed by atoms with van der Waals surface area (Å²) in [4.78, 5) is 16.9. The van der Waals surface area contributed by atoms with Crippen LogP contribution in [0.15, 0.2) is 60.7 Å². The zero-order chi connectivity index (χ0) is 20.1. The van der Waals surface area contributed by atoms with Gasteiger partial charge >= 0.3 is 0 Å². The maximum Gasteiger partial charge on any atom is 0.258 e. The van der Waals surface area contributed by atoms with Crippen molar-refractivity contribution in [1.29, 1.82) is 0 Å². The number of nitrogens with one attached hydrogen (secondary N) is 2. The highest BCUT2D eigenvalue weighted by molar-refractivity contribution is 5.80. The third-order valence-corrected chi connectivity index (χ3v) is 5.50. The van der Waals surface area contributed by atoms with Gasteiger partial charge in [0.1, 0.15) is 11.6 Å². The number of ether oxygens (including phenoxy) is 1. The normalized spacial score (nSPS) is 18.9. The van der Waals surface area contributed by atoms with E-state index in [2.05, 4.69) is 22.8 Å². The Morgan fingerprint density at radius 1 is 0.966 bits per heavy atom. The van der Waals surface area contributed by atoms with Crippen molar-refractivity contribution < 1.29 is 9.53 Å². The second kappa shape index (κ2) is 8.95. The molecule has 4 rings (SSSR count). The molecule has 1 heterocycles. The molecule has 2 N–H and O–H groups in total. The van der Waals surface area contributed by atoms with E-state index in [1.165, 1.54) is 0 Å². The molecule has 150 valence electrons. The van der Waals surface area contributed by atoms with Crippen molar-refractivity contribution in [2.24, 2.45) is 0 Å². The van der Waals surface area contributed by atoms with E-state index in [0.29, 0.717) is 6.04 Å². The monoisotopic (exact) mass is 389 g/mol. The van der Waals surface area contributed by atoms with Gasteiger partial charge in [0.15, 0.2) is 6.61 Å². The molecule has 1 saturated carbocycles. The smallest absolute Gasteiger partial charge is 0.258 e. The fourth-order valence-corrected chi connectivity index (χ4v) is 3.87. The molecule has 1 amide bonds. The summed E-state index contributed by atoms with van der Waals surface area (Å²) in [5.41, 5.74) is 2.04. The first-order valence-corrected chi connectivity index (χ1v) is 10.3. The Balaban J connectivity index is 1.22. The molecule has 0 radical (unpaired) electrons. The van der Waals surface area contributed by atoms with Crippen LogP contribution in [0.3, 0.4) is 0 Å². The molecule has 1 aromatic heterocycles. The van der Waals surface area contributed by atoms with E-state index < -0.39 is 0 Å². The Hall–Kier alpha value is -3.08. The third kappa shape index (κ3) is 5.05. The van der Waals surface area contributed by atoms with Crippen molar-refractivity contribution in [3.05, 3.63) is 66.2 Å². The Labute approximate surface area is 171 Å². The van der Waals surface area contributed by atoms with Crippen LogP contribution in [0.4, 0.5) is 5.82 Å². The maximum absolute atomic E-state index is 12.2. The molecule has 0 aliphatic heterocycles. The van der Waals surface area contributed by atoms with Crippen LogP contribution in [-0.2, 0) is 4.79 Å². The van der Waals surface area contributed by atoms with Gasteiger partial charge in [-0.15, -0.1) is 0 Å². The average Bonchev–Trinajstić information content (AvgIpc) is 2.74. The molecule has 0 atom stereocenters. The molecule has 0 spiro atoms. The van der Waals surface area contributed by atoms with Gasteiger partial charge in [-0.05, 0) is 62.4 Å². The number of anilines is 1. The second-order valence-electron chi connectivity index (χ2n) is 7.70. The van der Waals surface area contributed by atoms with Crippen LogP contribution in [0.2, 0.25) is 0 Å². The van der Waals surface area contributed by atoms with Crippen LogP contribution in [0.25, 0.3) is 10.9 Å². The Morgan fingerprint density at radius 2 is 1.69 bits per heavy atom. The molecule has 5 heteroatoms. The highest BCUT2D eigenvalue weighted by Crippen LogP contribution is 2.23. The SMILES string of the molecule is Cc1ccccc1OCC(=O)NC1CCC(Nc2ccc3ccccc3n2)CC1. The van der Waals surface area contributed by atoms with Gasteiger partial charge in [-0.3, -0.25) is 4.79 Å². The van der Waals surface area contributed by atoms with Crippen LogP contribution < -0.4 is 15.4 Å². The van der Waals surface area contributed by atoms with E-state index >= 15 is 0 Å². The molecule has 1 aliphatic rings. The van der Waals surface area contributed by atoms with Gasteiger partial charge in [-0.2, -0.15) is 0 Å². The largest absolute Gasteiger partial charge is 0.484 e. The molecule has 5 nitrogen and oxygen atoms in total. The summed E-state index contributed by atoms with van der Waals surface area (Å²) in [7, 11) is 0. The van der Waals surface area contributed by atoms with Gasteiger partial charge in [0.05, 0.1) is 5.52 Å². The first-order valence-electron chi connectivity index (χ1n) is 10.3. The molecule has 1 fully saturated rings. The number of amides is 1. The summed E-state index contributed by atoms with van der Waals surface area (Å²) in [6.45, 7) is 2.04. The zero-order valence-electron chi connectivity index (χ0n) is 16.7. The number of rotatable bonds is 6. The first-order chi connectivity index (χ1) is 14.2. The van der Waals surface area contributed by atoms with Gasteiger partial charge in [-0.1, -0.05) is 36.4 Å². The minimum Gasteiger partial charge on any atom is -0.484 e. The van der Waals surface area contributed by atoms with Crippen LogP contribution in [-0.4, -0.2) is 29.6 Å². The number of fused-ring (bicyclic) bond motifs is 1. The highest BCUT2D eigenvalue weighted by atomic mass is 16.5. The van der Waals surface area contributed by atoms with Crippen molar-refractivity contribution in [2.75, 3.05) is 11.9 Å². The van der Waals surface area contributed by atoms with Gasteiger partial charge in [-0.25, -0.2) is 4.98 Å². The molecular formula is C24H27N3O2. The average molecular weight is 389 g/mol. The molecule has 0 unspecified atom stereocenters. The van der Waals surface area contributed by atoms with Crippen molar-refractivity contribution in [3.8, 4) is 5.75 Å². The predicted molar refractivity (Wildman–Crippen MR) is 116 cm³/mol. The minimum atomic E-state index is -0.0548. The molecule has 3 aromatic rings. The number of aryl methyl sites for hydroxylation is 1. The van der Waals surface area contributed by atoms with E-state index in [4.69, 9.17) is 9.72 Å². The van der Waals surface area contributed by atoms with Gasteiger partial charge in [0.2, 0.25) is 0 Å². The lowest BCUT2D eigenvalue weighted by molar-refractivity contribution is -0.124. The van der Waals surface area contributed by atoms with Gasteiger partial charge in [0, 0.05) is 17.5 Å². The first kappa shape index (κ1) is 19.2. The van der Waals surface area contributed by atoms with E-state index in [1.807, 2.05) is 55.5 Å². The Morgan fingerprint density at radius 3 is 2.52 bits per heavy atom. The lowest BCUT2D eigenvalue weighted by atomic mass is 9.91. The molecule has 0 bridgehead atoms. The van der Waals surface area contributed by atoms with Crippen LogP contribution in [0.5, 0.6) is 5.75 Å². The number of carbonyl (C=O) groups excluding carboxylic acids is 1. The number of hydrogen-bond acceptors (Lipinski definition) is 4. The van der Waals surface area contributed by atoms with Crippen LogP contribution in [0.1, 0.15) is 31.2 Å². The van der Waals surface area contributed by atoms with E-state index in [0.717, 1.165) is 53.7 Å². The van der Waals surface area contributed by atoms with Crippen LogP contribution >= 0.6 is 0 Å². The van der Waals surface area contributed by atoms with Crippen molar-refractivity contribution in [3.63, 3.8) is 0 Å². The maximum atomic E-state index is 12.2. The number of benzene rings is 2. The molecule has 0 saturated heterocycles. The topological polar surface area (TPSA) is 63.2 Å². The van der Waals surface area contributed by atoms with E-state index in [1.54, 1.807) is 0 Å². The zero-order valence-corrected chi connectivity index (χ0v) is 16.7. The number of aromatic nitrogens is 1. The number of nitrogens with zero attached hydrogens (tertiary/aromatic N) is 1. The van der Waals surface area contributed by atoms with E-state index in [9.17, 15) is 4.79 Å². The number of carbonyl (C=O) groups is 1. The summed E-state index contributed by atoms with van der Waals surface area (Å²) in [5.74, 6) is 1.63. The summed E-state index contributed by atoms with van der Waals surface area (Å²) in [5, 5.41) is 7.81. The van der Waals surface area contributed by atoms with Crippen molar-refractivity contribution in [2.45, 2.75) is 44.7 Å². The summed E-state index contributed by atoms with van der Waals surface area (Å²) < 4.78 is 5.64. The fourth-order valence-electron chi connectivity index (χ4n) is 3.87. The molecule has 29 heavy (non-hydrogen) atoms. The lowest BCUT2D eigenvalue weighted by Gasteiger charge is -2.30. The molecule has 2 aromatic carbocycles. The van der Waals surface area contributed by atoms with Crippen molar-refractivity contribution >= 4 is 22.6 Å². The Bertz CT molecular complexity index is 981. The van der Waals surface area contributed by atoms with Crippen LogP contribution in [0, 0.1) is 6.92 Å². The summed E-state index contributed by atoms with van der Waals surface area (Å²) >= 11 is 0. The fraction of sp³-hybridized carbons (Fsp3) is 0.333. The third-order valence-electron chi connectivity index (χ3n) is 5.50. The Kier molecular flexibility index (Phi) is 5.94. The van der Waals surface area contributed by atoms with Gasteiger partial charge in [0.25, 0.3) is 5.91 Å². The molecular weight excluding hydrogens is 362 g/mol. The number of hydrogen-bond donors (Lipinski definition) is 2. The second-order valence-corrected chi connectivity index (χ2v) is 7.70. The summed E-state index contributed by atoms with van der Waals surface area (Å²) in [6, 6.07) is 20.6.